The highest BCUT2D eigenvalue weighted by molar-refractivity contribution is 7.89. The number of nitrogens with zero attached hydrogens (tertiary/aromatic N) is 2. The Morgan fingerprint density at radius 3 is 2.47 bits per heavy atom. The molecule has 0 aromatic heterocycles. The van der Waals surface area contributed by atoms with Gasteiger partial charge in [-0.05, 0) is 48.6 Å². The highest BCUT2D eigenvalue weighted by atomic mass is 32.2. The number of benzene rings is 2. The number of ether oxygens (including phenoxy) is 1. The van der Waals surface area contributed by atoms with Crippen LogP contribution in [0.15, 0.2) is 59.5 Å². The number of methoxy groups -OCH3 is 1. The maximum Gasteiger partial charge on any atom is 0.246 e. The molecule has 1 fully saturated rings. The monoisotopic (exact) mass is 456 g/mol. The van der Waals surface area contributed by atoms with Gasteiger partial charge in [-0.3, -0.25) is 4.79 Å². The van der Waals surface area contributed by atoms with Gasteiger partial charge in [-0.2, -0.15) is 4.31 Å². The summed E-state index contributed by atoms with van der Waals surface area (Å²) in [4.78, 5) is 14.8. The van der Waals surface area contributed by atoms with E-state index in [1.807, 2.05) is 37.3 Å². The Hall–Kier alpha value is -2.64. The predicted molar refractivity (Wildman–Crippen MR) is 127 cm³/mol. The van der Waals surface area contributed by atoms with E-state index in [9.17, 15) is 13.2 Å². The number of piperidine rings is 1. The van der Waals surface area contributed by atoms with Crippen LogP contribution in [0, 0.1) is 0 Å². The summed E-state index contributed by atoms with van der Waals surface area (Å²) in [7, 11) is -2.18. The fourth-order valence-electron chi connectivity index (χ4n) is 3.86. The van der Waals surface area contributed by atoms with Gasteiger partial charge in [0.2, 0.25) is 15.9 Å². The molecule has 1 aliphatic heterocycles. The molecule has 0 spiro atoms. The Morgan fingerprint density at radius 2 is 1.81 bits per heavy atom. The average molecular weight is 457 g/mol. The van der Waals surface area contributed by atoms with E-state index in [4.69, 9.17) is 4.74 Å². The van der Waals surface area contributed by atoms with E-state index in [1.165, 1.54) is 17.5 Å². The number of hydrogen-bond acceptors (Lipinski definition) is 4. The molecule has 0 bridgehead atoms. The second kappa shape index (κ2) is 11.3. The molecule has 1 amide bonds. The second-order valence-electron chi connectivity index (χ2n) is 7.95. The van der Waals surface area contributed by atoms with Gasteiger partial charge in [0, 0.05) is 32.3 Å². The Kier molecular flexibility index (Phi) is 8.47. The first-order chi connectivity index (χ1) is 15.5. The Labute approximate surface area is 191 Å². The fourth-order valence-corrected chi connectivity index (χ4v) is 5.56. The third kappa shape index (κ3) is 5.99. The van der Waals surface area contributed by atoms with E-state index < -0.39 is 10.0 Å². The van der Waals surface area contributed by atoms with Crippen molar-refractivity contribution in [3.63, 3.8) is 0 Å². The molecule has 6 nitrogen and oxygen atoms in total. The van der Waals surface area contributed by atoms with Crippen molar-refractivity contribution in [2.24, 2.45) is 0 Å². The SMILES string of the molecule is CCCN(Cc1ccccc1)C(=O)/C=C/c1ccc(OC)c(S(=O)(=O)N2CCCCC2)c1. The quantitative estimate of drug-likeness (QED) is 0.527. The van der Waals surface area contributed by atoms with Crippen LogP contribution in [-0.4, -0.2) is 50.3 Å². The van der Waals surface area contributed by atoms with Crippen LogP contribution in [0.5, 0.6) is 5.75 Å². The minimum absolute atomic E-state index is 0.105. The van der Waals surface area contributed by atoms with E-state index in [2.05, 4.69) is 0 Å². The maximum atomic E-state index is 13.2. The van der Waals surface area contributed by atoms with Crippen molar-refractivity contribution in [3.8, 4) is 5.75 Å². The Balaban J connectivity index is 1.81. The molecule has 7 heteroatoms. The molecule has 0 unspecified atom stereocenters. The molecule has 0 saturated carbocycles. The third-order valence-corrected chi connectivity index (χ3v) is 7.48. The van der Waals surface area contributed by atoms with E-state index >= 15 is 0 Å². The zero-order chi connectivity index (χ0) is 23.0. The van der Waals surface area contributed by atoms with Gasteiger partial charge in [0.25, 0.3) is 0 Å². The van der Waals surface area contributed by atoms with Gasteiger partial charge in [-0.1, -0.05) is 49.7 Å². The molecule has 1 aliphatic rings. The van der Waals surface area contributed by atoms with Crippen LogP contribution in [0.25, 0.3) is 6.08 Å². The molecule has 32 heavy (non-hydrogen) atoms. The average Bonchev–Trinajstić information content (AvgIpc) is 2.83. The lowest BCUT2D eigenvalue weighted by molar-refractivity contribution is -0.126. The smallest absolute Gasteiger partial charge is 0.246 e. The molecule has 2 aromatic rings. The molecule has 1 heterocycles. The van der Waals surface area contributed by atoms with Gasteiger partial charge in [0.05, 0.1) is 7.11 Å². The lowest BCUT2D eigenvalue weighted by Crippen LogP contribution is -2.35. The Bertz CT molecular complexity index is 1030. The van der Waals surface area contributed by atoms with Gasteiger partial charge in [0.15, 0.2) is 0 Å². The molecule has 0 aliphatic carbocycles. The normalized spacial score (nSPS) is 15.1. The Morgan fingerprint density at radius 1 is 1.09 bits per heavy atom. The van der Waals surface area contributed by atoms with Crippen LogP contribution >= 0.6 is 0 Å². The van der Waals surface area contributed by atoms with Crippen molar-refractivity contribution in [2.75, 3.05) is 26.7 Å². The van der Waals surface area contributed by atoms with Crippen LogP contribution in [0.3, 0.4) is 0 Å². The number of sulfonamides is 1. The molecular weight excluding hydrogens is 424 g/mol. The standard InChI is InChI=1S/C25H32N2O4S/c1-3-16-26(20-22-10-6-4-7-11-22)25(28)15-13-21-12-14-23(31-2)24(19-21)32(29,30)27-17-8-5-9-18-27/h4,6-7,10-15,19H,3,5,8-9,16-18,20H2,1-2H3/b15-13+. The van der Waals surface area contributed by atoms with Crippen molar-refractivity contribution >= 4 is 22.0 Å². The van der Waals surface area contributed by atoms with Crippen LogP contribution in [-0.2, 0) is 21.4 Å². The molecule has 172 valence electrons. The zero-order valence-corrected chi connectivity index (χ0v) is 19.7. The number of rotatable bonds is 9. The third-order valence-electron chi connectivity index (χ3n) is 5.56. The highest BCUT2D eigenvalue weighted by Gasteiger charge is 2.29. The number of carbonyl (C=O) groups is 1. The molecule has 0 N–H and O–H groups in total. The minimum Gasteiger partial charge on any atom is -0.495 e. The van der Waals surface area contributed by atoms with Crippen molar-refractivity contribution in [2.45, 2.75) is 44.0 Å². The van der Waals surface area contributed by atoms with E-state index in [0.29, 0.717) is 37.5 Å². The predicted octanol–water partition coefficient (Wildman–Crippen LogP) is 4.32. The van der Waals surface area contributed by atoms with E-state index in [-0.39, 0.29) is 10.8 Å². The van der Waals surface area contributed by atoms with Crippen LogP contribution < -0.4 is 4.74 Å². The molecule has 1 saturated heterocycles. The van der Waals surface area contributed by atoms with Crippen LogP contribution in [0.1, 0.15) is 43.7 Å². The summed E-state index contributed by atoms with van der Waals surface area (Å²) in [5.74, 6) is 0.211. The van der Waals surface area contributed by atoms with Crippen LogP contribution in [0.2, 0.25) is 0 Å². The van der Waals surface area contributed by atoms with Gasteiger partial charge in [-0.25, -0.2) is 8.42 Å². The number of hydrogen-bond donors (Lipinski definition) is 0. The largest absolute Gasteiger partial charge is 0.495 e. The van der Waals surface area contributed by atoms with Gasteiger partial charge in [-0.15, -0.1) is 0 Å². The highest BCUT2D eigenvalue weighted by Crippen LogP contribution is 2.30. The molecule has 0 atom stereocenters. The summed E-state index contributed by atoms with van der Waals surface area (Å²) >= 11 is 0. The van der Waals surface area contributed by atoms with Crippen molar-refractivity contribution < 1.29 is 17.9 Å². The number of amides is 1. The first-order valence-corrected chi connectivity index (χ1v) is 12.6. The maximum absolute atomic E-state index is 13.2. The first kappa shape index (κ1) is 24.0. The minimum atomic E-state index is -3.65. The van der Waals surface area contributed by atoms with Crippen LogP contribution in [0.4, 0.5) is 0 Å². The first-order valence-electron chi connectivity index (χ1n) is 11.1. The zero-order valence-electron chi connectivity index (χ0n) is 18.9. The molecular formula is C25H32N2O4S. The summed E-state index contributed by atoms with van der Waals surface area (Å²) in [5, 5.41) is 0. The lowest BCUT2D eigenvalue weighted by Gasteiger charge is -2.26. The fraction of sp³-hybridized carbons (Fsp3) is 0.400. The van der Waals surface area contributed by atoms with E-state index in [1.54, 1.807) is 29.2 Å². The summed E-state index contributed by atoms with van der Waals surface area (Å²) in [6.07, 6.45) is 6.81. The van der Waals surface area contributed by atoms with Gasteiger partial charge < -0.3 is 9.64 Å². The van der Waals surface area contributed by atoms with Gasteiger partial charge >= 0.3 is 0 Å². The van der Waals surface area contributed by atoms with E-state index in [0.717, 1.165) is 31.2 Å². The molecule has 3 rings (SSSR count). The van der Waals surface area contributed by atoms with Crippen molar-refractivity contribution in [3.05, 3.63) is 65.7 Å². The van der Waals surface area contributed by atoms with Crippen molar-refractivity contribution in [1.29, 1.82) is 0 Å². The van der Waals surface area contributed by atoms with Gasteiger partial charge in [0.1, 0.15) is 10.6 Å². The summed E-state index contributed by atoms with van der Waals surface area (Å²) in [5.41, 5.74) is 1.72. The van der Waals surface area contributed by atoms with Crippen molar-refractivity contribution in [1.82, 2.24) is 9.21 Å². The summed E-state index contributed by atoms with van der Waals surface area (Å²) in [6, 6.07) is 14.9. The number of carbonyl (C=O) groups excluding carboxylic acids is 1. The second-order valence-corrected chi connectivity index (χ2v) is 9.86. The molecule has 2 aromatic carbocycles. The lowest BCUT2D eigenvalue weighted by atomic mass is 10.2. The topological polar surface area (TPSA) is 66.9 Å². The molecule has 0 radical (unpaired) electrons. The summed E-state index contributed by atoms with van der Waals surface area (Å²) in [6.45, 7) is 4.27. The summed E-state index contributed by atoms with van der Waals surface area (Å²) < 4.78 is 33.3.